The summed E-state index contributed by atoms with van der Waals surface area (Å²) in [5.41, 5.74) is -0.382. The molecule has 0 saturated carbocycles. The molecule has 0 amide bonds. The number of halogens is 3. The maximum atomic E-state index is 13.5. The predicted octanol–water partition coefficient (Wildman–Crippen LogP) is 4.53. The molecule has 0 bridgehead atoms. The van der Waals surface area contributed by atoms with Crippen molar-refractivity contribution in [2.75, 3.05) is 12.5 Å². The van der Waals surface area contributed by atoms with Crippen LogP contribution >= 0.6 is 11.8 Å². The van der Waals surface area contributed by atoms with Crippen molar-refractivity contribution in [3.63, 3.8) is 0 Å². The number of nitrogens with zero attached hydrogens (tertiary/aromatic N) is 2. The Kier molecular flexibility index (Phi) is 6.45. The van der Waals surface area contributed by atoms with Gasteiger partial charge in [0.25, 0.3) is 0 Å². The summed E-state index contributed by atoms with van der Waals surface area (Å²) in [4.78, 5) is 4.56. The zero-order chi connectivity index (χ0) is 19.3. The minimum atomic E-state index is -4.57. The second-order valence-corrected chi connectivity index (χ2v) is 7.24. The van der Waals surface area contributed by atoms with Crippen LogP contribution in [-0.4, -0.2) is 21.9 Å². The molecule has 2 aromatic carbocycles. The van der Waals surface area contributed by atoms with Gasteiger partial charge in [0.1, 0.15) is 0 Å². The molecule has 136 valence electrons. The first-order valence-electron chi connectivity index (χ1n) is 7.19. The van der Waals surface area contributed by atoms with Crippen molar-refractivity contribution < 1.29 is 17.4 Å². The number of thioether (sulfide) groups is 1. The van der Waals surface area contributed by atoms with Gasteiger partial charge in [0.15, 0.2) is 11.4 Å². The average Bonchev–Trinajstić information content (AvgIpc) is 2.60. The fraction of sp³-hybridized carbons (Fsp3) is 0.176. The second kappa shape index (κ2) is 8.38. The number of hydrogen-bond acceptors (Lipinski definition) is 4. The molecular formula is C17H14F3N3OS2. The summed E-state index contributed by atoms with van der Waals surface area (Å²) in [7, 11) is -1.21. The Morgan fingerprint density at radius 2 is 1.88 bits per heavy atom. The molecule has 1 atom stereocenters. The van der Waals surface area contributed by atoms with Crippen LogP contribution in [0.3, 0.4) is 0 Å². The summed E-state index contributed by atoms with van der Waals surface area (Å²) < 4.78 is 52.0. The molecule has 0 aliphatic heterocycles. The van der Waals surface area contributed by atoms with Crippen LogP contribution in [0, 0.1) is 11.5 Å². The van der Waals surface area contributed by atoms with E-state index in [2.05, 4.69) is 10.3 Å². The van der Waals surface area contributed by atoms with Gasteiger partial charge in [-0.15, -0.1) is 0 Å². The molecule has 0 radical (unpaired) electrons. The number of alkyl halides is 3. The number of benzene rings is 2. The van der Waals surface area contributed by atoms with E-state index in [9.17, 15) is 17.4 Å². The molecule has 0 saturated heterocycles. The third-order valence-electron chi connectivity index (χ3n) is 3.39. The lowest BCUT2D eigenvalue weighted by Crippen LogP contribution is -2.12. The van der Waals surface area contributed by atoms with Gasteiger partial charge in [0, 0.05) is 22.0 Å². The van der Waals surface area contributed by atoms with Gasteiger partial charge in [-0.05, 0) is 41.6 Å². The van der Waals surface area contributed by atoms with E-state index in [0.717, 1.165) is 17.8 Å². The number of nitriles is 1. The van der Waals surface area contributed by atoms with Crippen molar-refractivity contribution in [3.8, 4) is 17.3 Å². The Balaban J connectivity index is 2.54. The van der Waals surface area contributed by atoms with Gasteiger partial charge in [0.05, 0.1) is 11.3 Å². The fourth-order valence-electron chi connectivity index (χ4n) is 2.20. The maximum absolute atomic E-state index is 13.5. The Morgan fingerprint density at radius 1 is 1.23 bits per heavy atom. The van der Waals surface area contributed by atoms with Gasteiger partial charge in [0.2, 0.25) is 0 Å². The van der Waals surface area contributed by atoms with Gasteiger partial charge >= 0.3 is 6.18 Å². The quantitative estimate of drug-likeness (QED) is 0.358. The minimum Gasteiger partial charge on any atom is -0.271 e. The van der Waals surface area contributed by atoms with Crippen LogP contribution < -0.4 is 5.32 Å². The van der Waals surface area contributed by atoms with Crippen LogP contribution in [0.1, 0.15) is 5.56 Å². The molecule has 4 nitrogen and oxygen atoms in total. The van der Waals surface area contributed by atoms with Crippen LogP contribution in [-0.2, 0) is 17.0 Å². The van der Waals surface area contributed by atoms with Crippen LogP contribution in [0.4, 0.5) is 18.9 Å². The van der Waals surface area contributed by atoms with Crippen LogP contribution in [0.25, 0.3) is 11.1 Å². The van der Waals surface area contributed by atoms with E-state index >= 15 is 0 Å². The summed E-state index contributed by atoms with van der Waals surface area (Å²) in [6.07, 6.45) is 0.268. The first-order chi connectivity index (χ1) is 12.3. The van der Waals surface area contributed by atoms with Crippen LogP contribution in [0.15, 0.2) is 52.4 Å². The Labute approximate surface area is 155 Å². The summed E-state index contributed by atoms with van der Waals surface area (Å²) >= 11 is 1.11. The van der Waals surface area contributed by atoms with Crippen molar-refractivity contribution in [3.05, 3.63) is 48.0 Å². The molecule has 0 spiro atoms. The molecule has 0 aromatic heterocycles. The smallest absolute Gasteiger partial charge is 0.271 e. The van der Waals surface area contributed by atoms with Gasteiger partial charge in [-0.25, -0.2) is 4.99 Å². The number of aliphatic imine (C=N–C) groups is 1. The van der Waals surface area contributed by atoms with E-state index < -0.39 is 22.5 Å². The van der Waals surface area contributed by atoms with Crippen molar-refractivity contribution in [1.29, 1.82) is 5.26 Å². The molecule has 2 aromatic rings. The van der Waals surface area contributed by atoms with Crippen molar-refractivity contribution in [1.82, 2.24) is 5.32 Å². The average molecular weight is 397 g/mol. The molecule has 1 unspecified atom stereocenters. The summed E-state index contributed by atoms with van der Waals surface area (Å²) in [5.74, 6) is 0. The first-order valence-corrected chi connectivity index (χ1v) is 9.97. The summed E-state index contributed by atoms with van der Waals surface area (Å²) in [5, 5.41) is 11.1. The summed E-state index contributed by atoms with van der Waals surface area (Å²) in [6.45, 7) is 0. The van der Waals surface area contributed by atoms with Crippen LogP contribution in [0.5, 0.6) is 0 Å². The van der Waals surface area contributed by atoms with Crippen molar-refractivity contribution >= 4 is 33.4 Å². The van der Waals surface area contributed by atoms with Crippen molar-refractivity contribution in [2.24, 2.45) is 4.99 Å². The summed E-state index contributed by atoms with van der Waals surface area (Å²) in [6, 6.07) is 9.83. The van der Waals surface area contributed by atoms with Gasteiger partial charge in [-0.1, -0.05) is 30.0 Å². The lowest BCUT2D eigenvalue weighted by molar-refractivity contribution is -0.137. The molecule has 0 aliphatic carbocycles. The van der Waals surface area contributed by atoms with E-state index in [-0.39, 0.29) is 16.4 Å². The molecule has 0 fully saturated rings. The second-order valence-electron chi connectivity index (χ2n) is 5.06. The SMILES string of the molecule is CSC(=Nc1ccc(-c2ccc(S(C)=O)cc2)c(C(F)(F)F)c1)NC#N. The highest BCUT2D eigenvalue weighted by Crippen LogP contribution is 2.39. The lowest BCUT2D eigenvalue weighted by atomic mass is 9.99. The monoisotopic (exact) mass is 397 g/mol. The standard InChI is InChI=1S/C17H14F3N3OS2/c1-25-16(22-10-21)23-12-5-8-14(15(9-12)17(18,19)20)11-3-6-13(7-4-11)26(2)24/h3-9H,1-2H3,(H,22,23). The van der Waals surface area contributed by atoms with E-state index in [1.807, 2.05) is 0 Å². The topological polar surface area (TPSA) is 65.2 Å². The molecule has 0 aliphatic rings. The maximum Gasteiger partial charge on any atom is 0.417 e. The highest BCUT2D eigenvalue weighted by molar-refractivity contribution is 8.13. The lowest BCUT2D eigenvalue weighted by Gasteiger charge is -2.14. The Morgan fingerprint density at radius 3 is 2.38 bits per heavy atom. The minimum absolute atomic E-state index is 0.00355. The van der Waals surface area contributed by atoms with E-state index in [1.54, 1.807) is 24.6 Å². The highest BCUT2D eigenvalue weighted by Gasteiger charge is 2.34. The number of amidine groups is 1. The predicted molar refractivity (Wildman–Crippen MR) is 98.6 cm³/mol. The molecule has 1 N–H and O–H groups in total. The van der Waals surface area contributed by atoms with Crippen molar-refractivity contribution in [2.45, 2.75) is 11.1 Å². The van der Waals surface area contributed by atoms with Gasteiger partial charge in [-0.2, -0.15) is 18.4 Å². The van der Waals surface area contributed by atoms with Gasteiger partial charge in [-0.3, -0.25) is 9.53 Å². The molecule has 2 rings (SSSR count). The number of hydrogen-bond donors (Lipinski definition) is 1. The number of rotatable bonds is 3. The third kappa shape index (κ3) is 4.86. The Hall–Kier alpha value is -2.31. The zero-order valence-electron chi connectivity index (χ0n) is 13.8. The molecule has 26 heavy (non-hydrogen) atoms. The molecule has 0 heterocycles. The fourth-order valence-corrected chi connectivity index (χ4v) is 3.07. The number of nitrogens with one attached hydrogen (secondary N) is 1. The van der Waals surface area contributed by atoms with E-state index in [1.165, 1.54) is 30.5 Å². The highest BCUT2D eigenvalue weighted by atomic mass is 32.2. The van der Waals surface area contributed by atoms with Crippen LogP contribution in [0.2, 0.25) is 0 Å². The van der Waals surface area contributed by atoms with E-state index in [0.29, 0.717) is 10.5 Å². The third-order valence-corrected chi connectivity index (χ3v) is 4.91. The first kappa shape index (κ1) is 20.0. The largest absolute Gasteiger partial charge is 0.417 e. The normalized spacial score (nSPS) is 13.2. The van der Waals surface area contributed by atoms with Gasteiger partial charge < -0.3 is 0 Å². The Bertz CT molecular complexity index is 888. The zero-order valence-corrected chi connectivity index (χ0v) is 15.4. The molecule has 9 heteroatoms. The van der Waals surface area contributed by atoms with E-state index in [4.69, 9.17) is 5.26 Å². The molecular weight excluding hydrogens is 383 g/mol.